The van der Waals surface area contributed by atoms with Crippen LogP contribution in [0, 0.1) is 11.8 Å². The number of amides is 1. The van der Waals surface area contributed by atoms with Gasteiger partial charge in [0.05, 0.1) is 0 Å². The second-order valence-electron chi connectivity index (χ2n) is 7.30. The van der Waals surface area contributed by atoms with E-state index in [1.54, 1.807) is 0 Å². The van der Waals surface area contributed by atoms with E-state index in [0.29, 0.717) is 5.91 Å². The third kappa shape index (κ3) is 5.70. The Hall–Kier alpha value is -1.26. The predicted octanol–water partition coefficient (Wildman–Crippen LogP) is 2.33. The molecule has 132 valence electrons. The van der Waals surface area contributed by atoms with Crippen LogP contribution in [0.15, 0.2) is 4.99 Å². The van der Waals surface area contributed by atoms with E-state index in [2.05, 4.69) is 31.0 Å². The molecule has 0 radical (unpaired) electrons. The van der Waals surface area contributed by atoms with Gasteiger partial charge in [0, 0.05) is 45.7 Å². The Morgan fingerprint density at radius 1 is 1.39 bits per heavy atom. The van der Waals surface area contributed by atoms with E-state index in [4.69, 9.17) is 4.99 Å². The highest BCUT2D eigenvalue weighted by Gasteiger charge is 2.25. The normalized spacial score (nSPS) is 22.5. The van der Waals surface area contributed by atoms with Crippen molar-refractivity contribution in [3.05, 3.63) is 0 Å². The zero-order chi connectivity index (χ0) is 16.7. The molecule has 1 N–H and O–H groups in total. The zero-order valence-corrected chi connectivity index (χ0v) is 15.2. The van der Waals surface area contributed by atoms with Crippen molar-refractivity contribution in [2.45, 2.75) is 52.9 Å². The summed E-state index contributed by atoms with van der Waals surface area (Å²) in [7, 11) is 0. The molecule has 1 amide bonds. The Kier molecular flexibility index (Phi) is 7.18. The third-order valence-electron chi connectivity index (χ3n) is 4.74. The number of carbonyl (C=O) groups is 1. The maximum Gasteiger partial charge on any atom is 0.222 e. The second-order valence-corrected chi connectivity index (χ2v) is 7.30. The first kappa shape index (κ1) is 18.1. The smallest absolute Gasteiger partial charge is 0.222 e. The molecule has 0 aromatic carbocycles. The van der Waals surface area contributed by atoms with Gasteiger partial charge >= 0.3 is 0 Å². The highest BCUT2D eigenvalue weighted by atomic mass is 16.2. The quantitative estimate of drug-likeness (QED) is 0.445. The van der Waals surface area contributed by atoms with Gasteiger partial charge in [0.2, 0.25) is 5.91 Å². The number of nitrogens with zero attached hydrogens (tertiary/aromatic N) is 3. The largest absolute Gasteiger partial charge is 0.357 e. The number of guanidine groups is 1. The van der Waals surface area contributed by atoms with Crippen LogP contribution in [0.1, 0.15) is 52.9 Å². The van der Waals surface area contributed by atoms with Crippen LogP contribution in [0.2, 0.25) is 0 Å². The molecule has 2 aliphatic heterocycles. The van der Waals surface area contributed by atoms with Crippen LogP contribution in [0.3, 0.4) is 0 Å². The van der Waals surface area contributed by atoms with Gasteiger partial charge in [0.1, 0.15) is 0 Å². The Bertz CT molecular complexity index is 408. The molecule has 1 atom stereocenters. The topological polar surface area (TPSA) is 47.9 Å². The molecule has 0 aromatic heterocycles. The maximum absolute atomic E-state index is 11.6. The summed E-state index contributed by atoms with van der Waals surface area (Å²) in [5.41, 5.74) is 0. The van der Waals surface area contributed by atoms with E-state index in [-0.39, 0.29) is 0 Å². The number of aliphatic imine (C=N–C) groups is 1. The summed E-state index contributed by atoms with van der Waals surface area (Å²) in [5.74, 6) is 2.96. The standard InChI is InChI=1S/C18H34N4O/c1-4-19-18(22-12-8-16(14-22)13-15(2)3)20-9-6-11-21-10-5-7-17(21)23/h15-16H,4-14H2,1-3H3,(H,19,20). The Balaban J connectivity index is 1.77. The lowest BCUT2D eigenvalue weighted by Crippen LogP contribution is -2.40. The lowest BCUT2D eigenvalue weighted by atomic mass is 9.97. The van der Waals surface area contributed by atoms with Crippen molar-refractivity contribution in [3.8, 4) is 0 Å². The van der Waals surface area contributed by atoms with Crippen LogP contribution >= 0.6 is 0 Å². The molecule has 0 bridgehead atoms. The fourth-order valence-corrected chi connectivity index (χ4v) is 3.70. The van der Waals surface area contributed by atoms with Gasteiger partial charge in [-0.25, -0.2) is 0 Å². The van der Waals surface area contributed by atoms with Crippen LogP contribution < -0.4 is 5.32 Å². The maximum atomic E-state index is 11.6. The first-order chi connectivity index (χ1) is 11.1. The number of nitrogens with one attached hydrogen (secondary N) is 1. The van der Waals surface area contributed by atoms with E-state index in [1.165, 1.54) is 12.8 Å². The predicted molar refractivity (Wildman–Crippen MR) is 95.5 cm³/mol. The van der Waals surface area contributed by atoms with Gasteiger partial charge in [-0.15, -0.1) is 0 Å². The zero-order valence-electron chi connectivity index (χ0n) is 15.2. The summed E-state index contributed by atoms with van der Waals surface area (Å²) >= 11 is 0. The van der Waals surface area contributed by atoms with Gasteiger partial charge in [0.15, 0.2) is 5.96 Å². The number of hydrogen-bond donors (Lipinski definition) is 1. The molecular weight excluding hydrogens is 288 g/mol. The van der Waals surface area contributed by atoms with Gasteiger partial charge in [-0.2, -0.15) is 0 Å². The summed E-state index contributed by atoms with van der Waals surface area (Å²) in [6.07, 6.45) is 5.31. The molecule has 2 rings (SSSR count). The van der Waals surface area contributed by atoms with Gasteiger partial charge < -0.3 is 15.1 Å². The van der Waals surface area contributed by atoms with Crippen LogP contribution in [0.25, 0.3) is 0 Å². The molecule has 1 unspecified atom stereocenters. The van der Waals surface area contributed by atoms with Crippen molar-refractivity contribution in [2.24, 2.45) is 16.8 Å². The Morgan fingerprint density at radius 3 is 2.87 bits per heavy atom. The summed E-state index contributed by atoms with van der Waals surface area (Å²) < 4.78 is 0. The van der Waals surface area contributed by atoms with Crippen molar-refractivity contribution < 1.29 is 4.79 Å². The monoisotopic (exact) mass is 322 g/mol. The summed E-state index contributed by atoms with van der Waals surface area (Å²) in [6, 6.07) is 0. The van der Waals surface area contributed by atoms with Gasteiger partial charge in [0.25, 0.3) is 0 Å². The lowest BCUT2D eigenvalue weighted by molar-refractivity contribution is -0.127. The minimum Gasteiger partial charge on any atom is -0.357 e. The van der Waals surface area contributed by atoms with Crippen LogP contribution in [0.5, 0.6) is 0 Å². The lowest BCUT2D eigenvalue weighted by Gasteiger charge is -2.22. The minimum atomic E-state index is 0.317. The second kappa shape index (κ2) is 9.14. The average Bonchev–Trinajstić information content (AvgIpc) is 3.11. The number of hydrogen-bond acceptors (Lipinski definition) is 2. The Morgan fingerprint density at radius 2 is 2.22 bits per heavy atom. The van der Waals surface area contributed by atoms with Gasteiger partial charge in [-0.1, -0.05) is 13.8 Å². The molecule has 0 aromatic rings. The van der Waals surface area contributed by atoms with Crippen molar-refractivity contribution >= 4 is 11.9 Å². The van der Waals surface area contributed by atoms with E-state index in [9.17, 15) is 4.79 Å². The number of likely N-dealkylation sites (tertiary alicyclic amines) is 2. The SMILES string of the molecule is CCNC(=NCCCN1CCCC1=O)N1CCC(CC(C)C)C1. The summed E-state index contributed by atoms with van der Waals surface area (Å²) in [5, 5.41) is 3.43. The molecule has 5 heteroatoms. The average molecular weight is 322 g/mol. The molecule has 0 spiro atoms. The number of rotatable bonds is 7. The van der Waals surface area contributed by atoms with Crippen molar-refractivity contribution in [2.75, 3.05) is 39.3 Å². The third-order valence-corrected chi connectivity index (χ3v) is 4.74. The van der Waals surface area contributed by atoms with E-state index >= 15 is 0 Å². The van der Waals surface area contributed by atoms with E-state index < -0.39 is 0 Å². The van der Waals surface area contributed by atoms with Crippen molar-refractivity contribution in [1.82, 2.24) is 15.1 Å². The minimum absolute atomic E-state index is 0.317. The highest BCUT2D eigenvalue weighted by molar-refractivity contribution is 5.80. The molecule has 23 heavy (non-hydrogen) atoms. The van der Waals surface area contributed by atoms with Crippen molar-refractivity contribution in [1.29, 1.82) is 0 Å². The number of carbonyl (C=O) groups excluding carboxylic acids is 1. The van der Waals surface area contributed by atoms with Gasteiger partial charge in [-0.3, -0.25) is 9.79 Å². The van der Waals surface area contributed by atoms with E-state index in [0.717, 1.165) is 76.3 Å². The first-order valence-electron chi connectivity index (χ1n) is 9.41. The first-order valence-corrected chi connectivity index (χ1v) is 9.41. The Labute approximate surface area is 141 Å². The van der Waals surface area contributed by atoms with Gasteiger partial charge in [-0.05, 0) is 44.4 Å². The summed E-state index contributed by atoms with van der Waals surface area (Å²) in [4.78, 5) is 20.8. The molecule has 2 heterocycles. The molecule has 2 aliphatic rings. The molecule has 5 nitrogen and oxygen atoms in total. The molecule has 2 saturated heterocycles. The molecule has 0 saturated carbocycles. The summed E-state index contributed by atoms with van der Waals surface area (Å²) in [6.45, 7) is 12.5. The van der Waals surface area contributed by atoms with Crippen LogP contribution in [-0.2, 0) is 4.79 Å². The fraction of sp³-hybridized carbons (Fsp3) is 0.889. The fourth-order valence-electron chi connectivity index (χ4n) is 3.70. The molecule has 0 aliphatic carbocycles. The van der Waals surface area contributed by atoms with E-state index in [1.807, 2.05) is 4.90 Å². The van der Waals surface area contributed by atoms with Crippen LogP contribution in [-0.4, -0.2) is 60.9 Å². The van der Waals surface area contributed by atoms with Crippen molar-refractivity contribution in [3.63, 3.8) is 0 Å². The molecular formula is C18H34N4O. The highest BCUT2D eigenvalue weighted by Crippen LogP contribution is 2.23. The van der Waals surface area contributed by atoms with Crippen LogP contribution in [0.4, 0.5) is 0 Å². The molecule has 2 fully saturated rings.